The summed E-state index contributed by atoms with van der Waals surface area (Å²) < 4.78 is 5.78. The third-order valence-electron chi connectivity index (χ3n) is 3.78. The van der Waals surface area contributed by atoms with Gasteiger partial charge in [-0.05, 0) is 37.8 Å². The Morgan fingerprint density at radius 2 is 2.25 bits per heavy atom. The Bertz CT molecular complexity index is 331. The lowest BCUT2D eigenvalue weighted by atomic mass is 10.1. The fraction of sp³-hybridized carbons (Fsp3) is 0.714. The highest BCUT2D eigenvalue weighted by Gasteiger charge is 2.25. The van der Waals surface area contributed by atoms with Gasteiger partial charge in [0.1, 0.15) is 11.5 Å². The van der Waals surface area contributed by atoms with Gasteiger partial charge in [-0.25, -0.2) is 0 Å². The molecule has 90 valence electrons. The molecule has 1 fully saturated rings. The zero-order valence-corrected chi connectivity index (χ0v) is 10.6. The third kappa shape index (κ3) is 2.49. The lowest BCUT2D eigenvalue weighted by molar-refractivity contribution is 0.343. The van der Waals surface area contributed by atoms with Crippen molar-refractivity contribution in [3.8, 4) is 0 Å². The zero-order valence-electron chi connectivity index (χ0n) is 10.6. The van der Waals surface area contributed by atoms with Crippen LogP contribution in [0.25, 0.3) is 0 Å². The van der Waals surface area contributed by atoms with Crippen LogP contribution in [0.2, 0.25) is 0 Å². The highest BCUT2D eigenvalue weighted by molar-refractivity contribution is 5.10. The molecule has 1 aromatic rings. The van der Waals surface area contributed by atoms with Crippen molar-refractivity contribution in [3.63, 3.8) is 0 Å². The van der Waals surface area contributed by atoms with E-state index in [0.717, 1.165) is 23.9 Å². The molecule has 0 aromatic carbocycles. The molecule has 0 aliphatic heterocycles. The number of rotatable bonds is 4. The molecule has 1 aromatic heterocycles. The molecule has 1 saturated carbocycles. The van der Waals surface area contributed by atoms with Gasteiger partial charge in [0.05, 0.1) is 6.04 Å². The smallest absolute Gasteiger partial charge is 0.120 e. The number of aryl methyl sites for hydroxylation is 1. The van der Waals surface area contributed by atoms with Gasteiger partial charge in [-0.2, -0.15) is 0 Å². The van der Waals surface area contributed by atoms with E-state index in [-0.39, 0.29) is 0 Å². The summed E-state index contributed by atoms with van der Waals surface area (Å²) in [7, 11) is 0. The maximum absolute atomic E-state index is 5.78. The normalized spacial score (nSPS) is 27.2. The van der Waals surface area contributed by atoms with Gasteiger partial charge in [0, 0.05) is 12.5 Å². The van der Waals surface area contributed by atoms with Crippen LogP contribution in [0.3, 0.4) is 0 Å². The largest absolute Gasteiger partial charge is 0.464 e. The van der Waals surface area contributed by atoms with E-state index in [1.165, 1.54) is 19.3 Å². The first-order valence-corrected chi connectivity index (χ1v) is 6.55. The second-order valence-electron chi connectivity index (χ2n) is 5.06. The Kier molecular flexibility index (Phi) is 3.70. The number of hydrogen-bond donors (Lipinski definition) is 1. The molecule has 3 unspecified atom stereocenters. The Labute approximate surface area is 98.4 Å². The predicted molar refractivity (Wildman–Crippen MR) is 66.4 cm³/mol. The first-order valence-electron chi connectivity index (χ1n) is 6.55. The molecule has 0 amide bonds. The number of hydrogen-bond acceptors (Lipinski definition) is 2. The molecule has 2 nitrogen and oxygen atoms in total. The maximum Gasteiger partial charge on any atom is 0.120 e. The Morgan fingerprint density at radius 3 is 2.81 bits per heavy atom. The molecule has 1 N–H and O–H groups in total. The molecule has 1 aliphatic rings. The van der Waals surface area contributed by atoms with Crippen molar-refractivity contribution in [1.82, 2.24) is 5.32 Å². The van der Waals surface area contributed by atoms with Gasteiger partial charge in [0.15, 0.2) is 0 Å². The fourth-order valence-electron chi connectivity index (χ4n) is 2.61. The van der Waals surface area contributed by atoms with Gasteiger partial charge in [-0.1, -0.05) is 20.3 Å². The van der Waals surface area contributed by atoms with Crippen LogP contribution in [0.4, 0.5) is 0 Å². The average Bonchev–Trinajstić information content (AvgIpc) is 2.88. The van der Waals surface area contributed by atoms with Gasteiger partial charge < -0.3 is 9.73 Å². The van der Waals surface area contributed by atoms with Crippen molar-refractivity contribution in [2.45, 2.75) is 58.5 Å². The minimum Gasteiger partial charge on any atom is -0.464 e. The predicted octanol–water partition coefficient (Wildman–Crippen LogP) is 3.68. The van der Waals surface area contributed by atoms with E-state index in [1.54, 1.807) is 0 Å². The van der Waals surface area contributed by atoms with E-state index in [4.69, 9.17) is 4.42 Å². The Hall–Kier alpha value is -0.760. The molecule has 16 heavy (non-hydrogen) atoms. The molecule has 2 heteroatoms. The second-order valence-corrected chi connectivity index (χ2v) is 5.06. The molecule has 3 atom stereocenters. The highest BCUT2D eigenvalue weighted by Crippen LogP contribution is 2.27. The summed E-state index contributed by atoms with van der Waals surface area (Å²) in [6.45, 7) is 6.67. The molecule has 0 saturated heterocycles. The summed E-state index contributed by atoms with van der Waals surface area (Å²) in [5.41, 5.74) is 0. The highest BCUT2D eigenvalue weighted by atomic mass is 16.3. The van der Waals surface area contributed by atoms with Crippen molar-refractivity contribution in [1.29, 1.82) is 0 Å². The monoisotopic (exact) mass is 221 g/mol. The molecule has 1 heterocycles. The van der Waals surface area contributed by atoms with Crippen LogP contribution in [0.15, 0.2) is 16.5 Å². The minimum absolute atomic E-state index is 0.339. The minimum atomic E-state index is 0.339. The van der Waals surface area contributed by atoms with Gasteiger partial charge in [-0.3, -0.25) is 0 Å². The average molecular weight is 221 g/mol. The van der Waals surface area contributed by atoms with E-state index in [9.17, 15) is 0 Å². The van der Waals surface area contributed by atoms with Gasteiger partial charge >= 0.3 is 0 Å². The molecular weight excluding hydrogens is 198 g/mol. The first kappa shape index (κ1) is 11.7. The number of furan rings is 1. The third-order valence-corrected chi connectivity index (χ3v) is 3.78. The molecule has 0 spiro atoms. The maximum atomic E-state index is 5.78. The standard InChI is InChI=1S/C14H23NO/c1-4-12-8-9-14(16-12)11(3)15-13-7-5-6-10(13)2/h8-11,13,15H,4-7H2,1-3H3. The van der Waals surface area contributed by atoms with Crippen LogP contribution in [0.1, 0.15) is 57.6 Å². The van der Waals surface area contributed by atoms with Crippen molar-refractivity contribution >= 4 is 0 Å². The van der Waals surface area contributed by atoms with Crippen molar-refractivity contribution < 1.29 is 4.42 Å². The van der Waals surface area contributed by atoms with Crippen molar-refractivity contribution in [3.05, 3.63) is 23.7 Å². The summed E-state index contributed by atoms with van der Waals surface area (Å²) in [6, 6.07) is 5.21. The van der Waals surface area contributed by atoms with Gasteiger partial charge in [0.25, 0.3) is 0 Å². The summed E-state index contributed by atoms with van der Waals surface area (Å²) in [5.74, 6) is 2.97. The summed E-state index contributed by atoms with van der Waals surface area (Å²) in [5, 5.41) is 3.69. The van der Waals surface area contributed by atoms with E-state index in [0.29, 0.717) is 12.1 Å². The Morgan fingerprint density at radius 1 is 1.44 bits per heavy atom. The summed E-state index contributed by atoms with van der Waals surface area (Å²) >= 11 is 0. The van der Waals surface area contributed by atoms with Crippen molar-refractivity contribution in [2.75, 3.05) is 0 Å². The fourth-order valence-corrected chi connectivity index (χ4v) is 2.61. The van der Waals surface area contributed by atoms with Crippen LogP contribution < -0.4 is 5.32 Å². The quantitative estimate of drug-likeness (QED) is 0.839. The SMILES string of the molecule is CCc1ccc(C(C)NC2CCCC2C)o1. The van der Waals surface area contributed by atoms with E-state index >= 15 is 0 Å². The topological polar surface area (TPSA) is 25.2 Å². The summed E-state index contributed by atoms with van der Waals surface area (Å²) in [4.78, 5) is 0. The zero-order chi connectivity index (χ0) is 11.5. The van der Waals surface area contributed by atoms with Crippen molar-refractivity contribution in [2.24, 2.45) is 5.92 Å². The lowest BCUT2D eigenvalue weighted by Gasteiger charge is -2.21. The van der Waals surface area contributed by atoms with Crippen LogP contribution in [-0.4, -0.2) is 6.04 Å². The van der Waals surface area contributed by atoms with Crippen LogP contribution >= 0.6 is 0 Å². The number of nitrogens with one attached hydrogen (secondary N) is 1. The molecule has 1 aliphatic carbocycles. The Balaban J connectivity index is 1.94. The molecule has 0 radical (unpaired) electrons. The lowest BCUT2D eigenvalue weighted by Crippen LogP contribution is -2.33. The van der Waals surface area contributed by atoms with E-state index in [1.807, 2.05) is 0 Å². The van der Waals surface area contributed by atoms with Crippen LogP contribution in [-0.2, 0) is 6.42 Å². The molecule has 2 rings (SSSR count). The van der Waals surface area contributed by atoms with Gasteiger partial charge in [-0.15, -0.1) is 0 Å². The van der Waals surface area contributed by atoms with Crippen LogP contribution in [0.5, 0.6) is 0 Å². The van der Waals surface area contributed by atoms with Crippen LogP contribution in [0, 0.1) is 5.92 Å². The molecule has 0 bridgehead atoms. The van der Waals surface area contributed by atoms with E-state index < -0.39 is 0 Å². The van der Waals surface area contributed by atoms with E-state index in [2.05, 4.69) is 38.2 Å². The summed E-state index contributed by atoms with van der Waals surface area (Å²) in [6.07, 6.45) is 5.02. The second kappa shape index (κ2) is 5.05. The molecular formula is C14H23NO. The van der Waals surface area contributed by atoms with Gasteiger partial charge in [0.2, 0.25) is 0 Å². The first-order chi connectivity index (χ1) is 7.70.